The lowest BCUT2D eigenvalue weighted by Gasteiger charge is -2.09. The molecule has 98 valence electrons. The van der Waals surface area contributed by atoms with Crippen LogP contribution in [0.2, 0.25) is 5.02 Å². The van der Waals surface area contributed by atoms with Crippen molar-refractivity contribution >= 4 is 17.4 Å². The molecule has 0 bridgehead atoms. The number of carbonyl (C=O) groups excluding carboxylic acids is 1. The van der Waals surface area contributed by atoms with Gasteiger partial charge in [0.25, 0.3) is 0 Å². The molecule has 1 aromatic carbocycles. The Morgan fingerprint density at radius 1 is 1.39 bits per heavy atom. The van der Waals surface area contributed by atoms with E-state index in [1.165, 1.54) is 0 Å². The van der Waals surface area contributed by atoms with Crippen molar-refractivity contribution in [2.45, 2.75) is 31.8 Å². The lowest BCUT2D eigenvalue weighted by atomic mass is 10.0. The van der Waals surface area contributed by atoms with Crippen molar-refractivity contribution in [3.05, 3.63) is 34.4 Å². The third-order valence-corrected chi connectivity index (χ3v) is 3.34. The van der Waals surface area contributed by atoms with Crippen LogP contribution in [-0.2, 0) is 4.74 Å². The Morgan fingerprint density at radius 2 is 2.11 bits per heavy atom. The summed E-state index contributed by atoms with van der Waals surface area (Å²) >= 11 is 5.73. The molecule has 1 saturated heterocycles. The van der Waals surface area contributed by atoms with Crippen molar-refractivity contribution in [3.63, 3.8) is 0 Å². The van der Waals surface area contributed by atoms with Gasteiger partial charge in [0.05, 0.1) is 11.1 Å². The van der Waals surface area contributed by atoms with Crippen molar-refractivity contribution in [2.24, 2.45) is 0 Å². The smallest absolute Gasteiger partial charge is 0.164 e. The highest BCUT2D eigenvalue weighted by molar-refractivity contribution is 6.33. The van der Waals surface area contributed by atoms with E-state index in [4.69, 9.17) is 16.3 Å². The quantitative estimate of drug-likeness (QED) is 0.617. The fraction of sp³-hybridized carbons (Fsp3) is 0.462. The summed E-state index contributed by atoms with van der Waals surface area (Å²) in [6, 6.07) is 1.69. The Balaban J connectivity index is 2.01. The zero-order valence-electron chi connectivity index (χ0n) is 9.72. The van der Waals surface area contributed by atoms with E-state index in [-0.39, 0.29) is 28.9 Å². The molecule has 1 fully saturated rings. The van der Waals surface area contributed by atoms with E-state index in [1.54, 1.807) is 0 Å². The Labute approximate surface area is 109 Å². The fourth-order valence-electron chi connectivity index (χ4n) is 2.04. The minimum Gasteiger partial charge on any atom is -0.378 e. The van der Waals surface area contributed by atoms with Crippen molar-refractivity contribution < 1.29 is 18.3 Å². The lowest BCUT2D eigenvalue weighted by molar-refractivity contribution is 0.0859. The molecule has 1 aliphatic rings. The first kappa shape index (κ1) is 13.4. The van der Waals surface area contributed by atoms with Gasteiger partial charge in [-0.25, -0.2) is 8.78 Å². The molecule has 1 heterocycles. The van der Waals surface area contributed by atoms with Crippen LogP contribution < -0.4 is 0 Å². The van der Waals surface area contributed by atoms with Crippen molar-refractivity contribution in [1.82, 2.24) is 0 Å². The van der Waals surface area contributed by atoms with Crippen LogP contribution in [0, 0.1) is 11.6 Å². The maximum Gasteiger partial charge on any atom is 0.164 e. The average Bonchev–Trinajstić information content (AvgIpc) is 2.84. The molecule has 0 spiro atoms. The first-order valence-corrected chi connectivity index (χ1v) is 6.25. The second-order valence-electron chi connectivity index (χ2n) is 4.34. The topological polar surface area (TPSA) is 26.3 Å². The first-order chi connectivity index (χ1) is 8.58. The number of ketones is 1. The normalized spacial score (nSPS) is 19.2. The first-order valence-electron chi connectivity index (χ1n) is 5.87. The van der Waals surface area contributed by atoms with Crippen LogP contribution in [0.1, 0.15) is 36.0 Å². The molecule has 0 N–H and O–H groups in total. The van der Waals surface area contributed by atoms with Gasteiger partial charge in [-0.05, 0) is 31.4 Å². The SMILES string of the molecule is O=C(CCC1CCCO1)c1cc(F)c(F)cc1Cl. The Kier molecular flexibility index (Phi) is 4.30. The maximum absolute atomic E-state index is 13.1. The van der Waals surface area contributed by atoms with Gasteiger partial charge in [0.2, 0.25) is 0 Å². The summed E-state index contributed by atoms with van der Waals surface area (Å²) in [6.45, 7) is 0.727. The molecule has 0 aliphatic carbocycles. The van der Waals surface area contributed by atoms with Crippen LogP contribution >= 0.6 is 11.6 Å². The molecule has 5 heteroatoms. The number of hydrogen-bond acceptors (Lipinski definition) is 2. The molecule has 18 heavy (non-hydrogen) atoms. The lowest BCUT2D eigenvalue weighted by Crippen LogP contribution is -2.09. The van der Waals surface area contributed by atoms with Crippen LogP contribution in [0.15, 0.2) is 12.1 Å². The summed E-state index contributed by atoms with van der Waals surface area (Å²) in [5.74, 6) is -2.38. The van der Waals surface area contributed by atoms with Gasteiger partial charge in [0, 0.05) is 18.6 Å². The summed E-state index contributed by atoms with van der Waals surface area (Å²) in [5.41, 5.74) is 0.0357. The van der Waals surface area contributed by atoms with E-state index in [0.29, 0.717) is 6.42 Å². The van der Waals surface area contributed by atoms with Gasteiger partial charge < -0.3 is 4.74 Å². The van der Waals surface area contributed by atoms with Crippen molar-refractivity contribution in [1.29, 1.82) is 0 Å². The van der Waals surface area contributed by atoms with Crippen LogP contribution in [0.5, 0.6) is 0 Å². The fourth-order valence-corrected chi connectivity index (χ4v) is 2.29. The van der Waals surface area contributed by atoms with Crippen LogP contribution in [0.25, 0.3) is 0 Å². The standard InChI is InChI=1S/C13H13ClF2O2/c14-10-7-12(16)11(15)6-9(10)13(17)4-3-8-2-1-5-18-8/h6-8H,1-5H2. The predicted octanol–water partition coefficient (Wildman–Crippen LogP) is 3.76. The molecule has 0 radical (unpaired) electrons. The Morgan fingerprint density at radius 3 is 2.78 bits per heavy atom. The second-order valence-corrected chi connectivity index (χ2v) is 4.75. The third kappa shape index (κ3) is 3.06. The molecule has 0 aromatic heterocycles. The summed E-state index contributed by atoms with van der Waals surface area (Å²) in [5, 5.41) is -0.0498. The van der Waals surface area contributed by atoms with Gasteiger partial charge in [-0.2, -0.15) is 0 Å². The van der Waals surface area contributed by atoms with Gasteiger partial charge in [-0.3, -0.25) is 4.79 Å². The molecule has 2 rings (SSSR count). The average molecular weight is 275 g/mol. The van der Waals surface area contributed by atoms with Gasteiger partial charge in [0.15, 0.2) is 17.4 Å². The molecule has 1 aliphatic heterocycles. The van der Waals surface area contributed by atoms with E-state index in [0.717, 1.165) is 31.6 Å². The van der Waals surface area contributed by atoms with Gasteiger partial charge >= 0.3 is 0 Å². The van der Waals surface area contributed by atoms with Crippen LogP contribution in [0.4, 0.5) is 8.78 Å². The molecule has 2 nitrogen and oxygen atoms in total. The Hall–Kier alpha value is -1.00. The highest BCUT2D eigenvalue weighted by Crippen LogP contribution is 2.23. The minimum absolute atomic E-state index is 0.0357. The van der Waals surface area contributed by atoms with Crippen LogP contribution in [0.3, 0.4) is 0 Å². The van der Waals surface area contributed by atoms with Crippen LogP contribution in [-0.4, -0.2) is 18.5 Å². The predicted molar refractivity (Wildman–Crippen MR) is 63.9 cm³/mol. The highest BCUT2D eigenvalue weighted by Gasteiger charge is 2.19. The number of benzene rings is 1. The third-order valence-electron chi connectivity index (χ3n) is 3.03. The van der Waals surface area contributed by atoms with Gasteiger partial charge in [0.1, 0.15) is 0 Å². The van der Waals surface area contributed by atoms with E-state index >= 15 is 0 Å². The molecule has 0 amide bonds. The molecular weight excluding hydrogens is 262 g/mol. The van der Waals surface area contributed by atoms with E-state index in [9.17, 15) is 13.6 Å². The zero-order valence-corrected chi connectivity index (χ0v) is 10.5. The zero-order chi connectivity index (χ0) is 13.1. The number of Topliss-reactive ketones (excluding diaryl/α,β-unsaturated/α-hetero) is 1. The molecule has 1 unspecified atom stereocenters. The molecule has 0 saturated carbocycles. The molecule has 1 atom stereocenters. The summed E-state index contributed by atoms with van der Waals surface area (Å²) in [6.07, 6.45) is 2.87. The summed E-state index contributed by atoms with van der Waals surface area (Å²) in [4.78, 5) is 11.9. The monoisotopic (exact) mass is 274 g/mol. The summed E-state index contributed by atoms with van der Waals surface area (Å²) in [7, 11) is 0. The number of hydrogen-bond donors (Lipinski definition) is 0. The van der Waals surface area contributed by atoms with Crippen molar-refractivity contribution in [3.8, 4) is 0 Å². The summed E-state index contributed by atoms with van der Waals surface area (Å²) < 4.78 is 31.3. The Bertz CT molecular complexity index is 457. The van der Waals surface area contributed by atoms with E-state index < -0.39 is 11.6 Å². The largest absolute Gasteiger partial charge is 0.378 e. The highest BCUT2D eigenvalue weighted by atomic mass is 35.5. The second kappa shape index (κ2) is 5.76. The molecular formula is C13H13ClF2O2. The number of halogens is 3. The minimum atomic E-state index is -1.06. The van der Waals surface area contributed by atoms with Crippen molar-refractivity contribution in [2.75, 3.05) is 6.61 Å². The number of rotatable bonds is 4. The number of carbonyl (C=O) groups is 1. The van der Waals surface area contributed by atoms with Gasteiger partial charge in [-0.1, -0.05) is 11.6 Å². The molecule has 1 aromatic rings. The number of ether oxygens (including phenoxy) is 1. The maximum atomic E-state index is 13.1. The van der Waals surface area contributed by atoms with E-state index in [1.807, 2.05) is 0 Å². The van der Waals surface area contributed by atoms with E-state index in [2.05, 4.69) is 0 Å². The van der Waals surface area contributed by atoms with Gasteiger partial charge in [-0.15, -0.1) is 0 Å².